The van der Waals surface area contributed by atoms with Gasteiger partial charge in [-0.2, -0.15) is 0 Å². The van der Waals surface area contributed by atoms with Crippen LogP contribution in [0.1, 0.15) is 61.8 Å². The van der Waals surface area contributed by atoms with Gasteiger partial charge in [0.15, 0.2) is 0 Å². The van der Waals surface area contributed by atoms with Gasteiger partial charge in [0.05, 0.1) is 16.8 Å². The molecular weight excluding hydrogens is 278 g/mol. The largest absolute Gasteiger partial charge is 0.388 e. The zero-order valence-electron chi connectivity index (χ0n) is 11.8. The highest BCUT2D eigenvalue weighted by Gasteiger charge is 2.31. The number of nitrogens with one attached hydrogen (secondary N) is 1. The molecule has 1 aliphatic rings. The van der Waals surface area contributed by atoms with Crippen LogP contribution >= 0.6 is 11.6 Å². The van der Waals surface area contributed by atoms with Crippen molar-refractivity contribution >= 4 is 17.5 Å². The van der Waals surface area contributed by atoms with E-state index in [0.29, 0.717) is 5.82 Å². The molecule has 0 aromatic carbocycles. The summed E-state index contributed by atoms with van der Waals surface area (Å²) in [5, 5.41) is 13.2. The maximum absolute atomic E-state index is 12.1. The molecule has 110 valence electrons. The summed E-state index contributed by atoms with van der Waals surface area (Å²) < 4.78 is 0. The van der Waals surface area contributed by atoms with Crippen LogP contribution in [0.2, 0.25) is 5.02 Å². The lowest BCUT2D eigenvalue weighted by Crippen LogP contribution is -2.41. The van der Waals surface area contributed by atoms with Crippen molar-refractivity contribution in [1.29, 1.82) is 0 Å². The number of hydrogen-bond acceptors (Lipinski definition) is 4. The quantitative estimate of drug-likeness (QED) is 0.894. The molecule has 5 nitrogen and oxygen atoms in total. The van der Waals surface area contributed by atoms with Crippen LogP contribution in [0.3, 0.4) is 0 Å². The molecule has 2 N–H and O–H groups in total. The smallest absolute Gasteiger partial charge is 0.271 e. The molecule has 1 heterocycles. The minimum Gasteiger partial charge on any atom is -0.388 e. The Morgan fingerprint density at radius 2 is 2.15 bits per heavy atom. The van der Waals surface area contributed by atoms with Crippen LogP contribution in [-0.4, -0.2) is 33.1 Å². The summed E-state index contributed by atoms with van der Waals surface area (Å²) in [5.74, 6) is 0.344. The Morgan fingerprint density at radius 3 is 2.75 bits per heavy atom. The first kappa shape index (κ1) is 15.2. The number of amides is 1. The summed E-state index contributed by atoms with van der Waals surface area (Å²) in [4.78, 5) is 20.4. The van der Waals surface area contributed by atoms with Gasteiger partial charge in [0.1, 0.15) is 11.5 Å². The molecule has 1 aliphatic carbocycles. The van der Waals surface area contributed by atoms with Crippen molar-refractivity contribution in [1.82, 2.24) is 15.3 Å². The second kappa shape index (κ2) is 6.06. The topological polar surface area (TPSA) is 75.1 Å². The minimum absolute atomic E-state index is 0.123. The van der Waals surface area contributed by atoms with Gasteiger partial charge >= 0.3 is 0 Å². The van der Waals surface area contributed by atoms with Crippen molar-refractivity contribution < 1.29 is 9.90 Å². The Bertz CT molecular complexity index is 499. The van der Waals surface area contributed by atoms with Crippen molar-refractivity contribution in [2.75, 3.05) is 6.54 Å². The lowest BCUT2D eigenvalue weighted by molar-refractivity contribution is 0.0448. The van der Waals surface area contributed by atoms with E-state index in [-0.39, 0.29) is 29.1 Å². The van der Waals surface area contributed by atoms with Crippen molar-refractivity contribution in [2.45, 2.75) is 51.0 Å². The van der Waals surface area contributed by atoms with E-state index in [1.807, 2.05) is 13.8 Å². The Morgan fingerprint density at radius 1 is 1.50 bits per heavy atom. The third kappa shape index (κ3) is 3.46. The van der Waals surface area contributed by atoms with Gasteiger partial charge in [-0.1, -0.05) is 38.3 Å². The van der Waals surface area contributed by atoms with E-state index < -0.39 is 5.60 Å². The SMILES string of the molecule is CC(C)c1ncc(Cl)c(C(=O)NCC2(O)CCCC2)n1. The number of halogens is 1. The lowest BCUT2D eigenvalue weighted by Gasteiger charge is -2.22. The molecule has 0 radical (unpaired) electrons. The van der Waals surface area contributed by atoms with Crippen molar-refractivity contribution in [3.63, 3.8) is 0 Å². The average molecular weight is 298 g/mol. The first-order valence-corrected chi connectivity index (χ1v) is 7.32. The van der Waals surface area contributed by atoms with E-state index in [9.17, 15) is 9.90 Å². The van der Waals surface area contributed by atoms with Crippen LogP contribution in [0, 0.1) is 0 Å². The molecule has 0 unspecified atom stereocenters. The molecule has 0 aliphatic heterocycles. The fourth-order valence-electron chi connectivity index (χ4n) is 2.36. The van der Waals surface area contributed by atoms with E-state index in [1.54, 1.807) is 0 Å². The number of hydrogen-bond donors (Lipinski definition) is 2. The van der Waals surface area contributed by atoms with Crippen LogP contribution in [0.15, 0.2) is 6.20 Å². The molecule has 0 bridgehead atoms. The van der Waals surface area contributed by atoms with E-state index in [0.717, 1.165) is 25.7 Å². The summed E-state index contributed by atoms with van der Waals surface area (Å²) in [6, 6.07) is 0. The first-order valence-electron chi connectivity index (χ1n) is 6.94. The Hall–Kier alpha value is -1.20. The minimum atomic E-state index is -0.782. The third-order valence-electron chi connectivity index (χ3n) is 3.61. The maximum atomic E-state index is 12.1. The van der Waals surface area contributed by atoms with Crippen molar-refractivity contribution in [3.05, 3.63) is 22.7 Å². The standard InChI is InChI=1S/C14H20ClN3O2/c1-9(2)12-16-7-10(15)11(18-12)13(19)17-8-14(20)5-3-4-6-14/h7,9,20H,3-6,8H2,1-2H3,(H,17,19). The molecule has 1 amide bonds. The van der Waals surface area contributed by atoms with Crippen molar-refractivity contribution in [2.24, 2.45) is 0 Å². The van der Waals surface area contributed by atoms with Gasteiger partial charge in [0, 0.05) is 12.5 Å². The third-order valence-corrected chi connectivity index (χ3v) is 3.88. The van der Waals surface area contributed by atoms with Crippen LogP contribution in [0.5, 0.6) is 0 Å². The van der Waals surface area contributed by atoms with E-state index in [4.69, 9.17) is 11.6 Å². The van der Waals surface area contributed by atoms with Gasteiger partial charge in [-0.05, 0) is 12.8 Å². The molecule has 1 saturated carbocycles. The normalized spacial score (nSPS) is 17.4. The second-order valence-corrected chi connectivity index (χ2v) is 6.10. The fraction of sp³-hybridized carbons (Fsp3) is 0.643. The van der Waals surface area contributed by atoms with Crippen LogP contribution < -0.4 is 5.32 Å². The molecular formula is C14H20ClN3O2. The molecule has 1 fully saturated rings. The van der Waals surface area contributed by atoms with Gasteiger partial charge in [-0.25, -0.2) is 9.97 Å². The number of rotatable bonds is 4. The van der Waals surface area contributed by atoms with Crippen LogP contribution in [0.4, 0.5) is 0 Å². The number of aromatic nitrogens is 2. The van der Waals surface area contributed by atoms with Gasteiger partial charge in [-0.15, -0.1) is 0 Å². The van der Waals surface area contributed by atoms with Gasteiger partial charge in [0.25, 0.3) is 5.91 Å². The summed E-state index contributed by atoms with van der Waals surface area (Å²) in [6.45, 7) is 4.14. The molecule has 1 aromatic heterocycles. The Balaban J connectivity index is 2.06. The summed E-state index contributed by atoms with van der Waals surface area (Å²) in [5.41, 5.74) is -0.609. The highest BCUT2D eigenvalue weighted by Crippen LogP contribution is 2.28. The molecule has 6 heteroatoms. The highest BCUT2D eigenvalue weighted by molar-refractivity contribution is 6.33. The monoisotopic (exact) mass is 297 g/mol. The molecule has 0 saturated heterocycles. The maximum Gasteiger partial charge on any atom is 0.271 e. The predicted molar refractivity (Wildman–Crippen MR) is 76.9 cm³/mol. The zero-order valence-corrected chi connectivity index (χ0v) is 12.6. The second-order valence-electron chi connectivity index (χ2n) is 5.69. The molecule has 0 spiro atoms. The molecule has 0 atom stereocenters. The number of carbonyl (C=O) groups excluding carboxylic acids is 1. The number of nitrogens with zero attached hydrogens (tertiary/aromatic N) is 2. The molecule has 20 heavy (non-hydrogen) atoms. The Kier molecular flexibility index (Phi) is 4.60. The zero-order chi connectivity index (χ0) is 14.8. The van der Waals surface area contributed by atoms with Crippen LogP contribution in [-0.2, 0) is 0 Å². The van der Waals surface area contributed by atoms with Crippen molar-refractivity contribution in [3.8, 4) is 0 Å². The van der Waals surface area contributed by atoms with Gasteiger partial charge in [0.2, 0.25) is 0 Å². The van der Waals surface area contributed by atoms with Crippen LogP contribution in [0.25, 0.3) is 0 Å². The number of aliphatic hydroxyl groups is 1. The summed E-state index contributed by atoms with van der Waals surface area (Å²) in [7, 11) is 0. The Labute approximate surface area is 123 Å². The van der Waals surface area contributed by atoms with E-state index in [1.165, 1.54) is 6.20 Å². The summed E-state index contributed by atoms with van der Waals surface area (Å²) >= 11 is 5.98. The lowest BCUT2D eigenvalue weighted by atomic mass is 10.0. The average Bonchev–Trinajstić information content (AvgIpc) is 2.84. The fourth-order valence-corrected chi connectivity index (χ4v) is 2.53. The first-order chi connectivity index (χ1) is 9.41. The summed E-state index contributed by atoms with van der Waals surface area (Å²) in [6.07, 6.45) is 4.89. The molecule has 2 rings (SSSR count). The van der Waals surface area contributed by atoms with E-state index in [2.05, 4.69) is 15.3 Å². The predicted octanol–water partition coefficient (Wildman–Crippen LogP) is 2.29. The number of carbonyl (C=O) groups is 1. The highest BCUT2D eigenvalue weighted by atomic mass is 35.5. The van der Waals surface area contributed by atoms with Gasteiger partial charge < -0.3 is 10.4 Å². The molecule has 1 aromatic rings. The van der Waals surface area contributed by atoms with E-state index >= 15 is 0 Å². The van der Waals surface area contributed by atoms with Gasteiger partial charge in [-0.3, -0.25) is 4.79 Å².